The summed E-state index contributed by atoms with van der Waals surface area (Å²) < 4.78 is 10.3. The first-order valence-electron chi connectivity index (χ1n) is 10.9. The number of esters is 2. The number of carbonyl (C=O) groups is 2. The zero-order valence-electron chi connectivity index (χ0n) is 17.5. The highest BCUT2D eigenvalue weighted by molar-refractivity contribution is 5.72. The second-order valence-corrected chi connectivity index (χ2v) is 7.66. The summed E-state index contributed by atoms with van der Waals surface area (Å²) in [6.07, 6.45) is 14.7. The van der Waals surface area contributed by atoms with Crippen molar-refractivity contribution in [2.45, 2.75) is 111 Å². The molecule has 0 aliphatic rings. The monoisotopic (exact) mass is 370 g/mol. The van der Waals surface area contributed by atoms with Crippen LogP contribution in [0.25, 0.3) is 0 Å². The van der Waals surface area contributed by atoms with E-state index in [1.807, 2.05) is 0 Å². The van der Waals surface area contributed by atoms with Gasteiger partial charge < -0.3 is 9.47 Å². The Bertz CT molecular complexity index is 339. The van der Waals surface area contributed by atoms with E-state index in [0.717, 1.165) is 19.3 Å². The molecule has 0 fully saturated rings. The number of hydrogen-bond acceptors (Lipinski definition) is 4. The molecule has 0 aliphatic heterocycles. The van der Waals surface area contributed by atoms with Crippen LogP contribution in [0.3, 0.4) is 0 Å². The lowest BCUT2D eigenvalue weighted by Gasteiger charge is -2.07. The lowest BCUT2D eigenvalue weighted by Crippen LogP contribution is -2.10. The van der Waals surface area contributed by atoms with Crippen LogP contribution in [0.15, 0.2) is 0 Å². The molecule has 4 heteroatoms. The molecule has 0 unspecified atom stereocenters. The van der Waals surface area contributed by atoms with Crippen LogP contribution >= 0.6 is 0 Å². The summed E-state index contributed by atoms with van der Waals surface area (Å²) in [5.41, 5.74) is 0. The van der Waals surface area contributed by atoms with Gasteiger partial charge in [0, 0.05) is 12.8 Å². The molecule has 0 amide bonds. The lowest BCUT2D eigenvalue weighted by atomic mass is 10.1. The van der Waals surface area contributed by atoms with Crippen molar-refractivity contribution in [2.24, 2.45) is 5.92 Å². The van der Waals surface area contributed by atoms with E-state index in [4.69, 9.17) is 9.47 Å². The van der Waals surface area contributed by atoms with Crippen LogP contribution < -0.4 is 0 Å². The molecule has 26 heavy (non-hydrogen) atoms. The molecule has 0 aromatic heterocycles. The number of unbranched alkanes of at least 4 members (excludes halogenated alkanes) is 9. The summed E-state index contributed by atoms with van der Waals surface area (Å²) in [4.78, 5) is 23.1. The first-order chi connectivity index (χ1) is 12.6. The van der Waals surface area contributed by atoms with E-state index in [-0.39, 0.29) is 11.9 Å². The second-order valence-electron chi connectivity index (χ2n) is 7.66. The Labute approximate surface area is 161 Å². The Morgan fingerprint density at radius 3 is 1.62 bits per heavy atom. The maximum Gasteiger partial charge on any atom is 0.305 e. The summed E-state index contributed by atoms with van der Waals surface area (Å²) >= 11 is 0. The zero-order chi connectivity index (χ0) is 19.5. The van der Waals surface area contributed by atoms with E-state index in [2.05, 4.69) is 20.8 Å². The van der Waals surface area contributed by atoms with Crippen molar-refractivity contribution in [3.8, 4) is 0 Å². The van der Waals surface area contributed by atoms with Crippen LogP contribution in [0.4, 0.5) is 0 Å². The molecule has 0 rings (SSSR count). The van der Waals surface area contributed by atoms with E-state index in [1.54, 1.807) is 0 Å². The van der Waals surface area contributed by atoms with Crippen molar-refractivity contribution < 1.29 is 19.1 Å². The fraction of sp³-hybridized carbons (Fsp3) is 0.909. The third-order valence-corrected chi connectivity index (χ3v) is 4.48. The Hall–Kier alpha value is -1.06. The van der Waals surface area contributed by atoms with Crippen LogP contribution in [-0.2, 0) is 19.1 Å². The van der Waals surface area contributed by atoms with Crippen molar-refractivity contribution in [1.29, 1.82) is 0 Å². The number of carbonyl (C=O) groups excluding carboxylic acids is 2. The highest BCUT2D eigenvalue weighted by Crippen LogP contribution is 2.10. The van der Waals surface area contributed by atoms with Gasteiger partial charge in [0.25, 0.3) is 0 Å². The fourth-order valence-electron chi connectivity index (χ4n) is 2.71. The minimum atomic E-state index is -0.215. The molecule has 0 bridgehead atoms. The van der Waals surface area contributed by atoms with Gasteiger partial charge in [-0.15, -0.1) is 0 Å². The molecular weight excluding hydrogens is 328 g/mol. The van der Waals surface area contributed by atoms with Crippen LogP contribution in [0.5, 0.6) is 0 Å². The number of ether oxygens (including phenoxy) is 2. The Morgan fingerprint density at radius 2 is 1.12 bits per heavy atom. The van der Waals surface area contributed by atoms with Crippen molar-refractivity contribution >= 4 is 11.9 Å². The predicted octanol–water partition coefficient (Wildman–Crippen LogP) is 6.21. The van der Waals surface area contributed by atoms with Gasteiger partial charge in [-0.25, -0.2) is 0 Å². The van der Waals surface area contributed by atoms with Crippen molar-refractivity contribution in [1.82, 2.24) is 0 Å². The van der Waals surface area contributed by atoms with Gasteiger partial charge in [0.15, 0.2) is 0 Å². The lowest BCUT2D eigenvalue weighted by molar-refractivity contribution is -0.145. The van der Waals surface area contributed by atoms with Gasteiger partial charge in [-0.1, -0.05) is 78.6 Å². The summed E-state index contributed by atoms with van der Waals surface area (Å²) in [7, 11) is 0. The van der Waals surface area contributed by atoms with Crippen molar-refractivity contribution in [3.63, 3.8) is 0 Å². The smallest absolute Gasteiger partial charge is 0.305 e. The maximum absolute atomic E-state index is 11.6. The summed E-state index contributed by atoms with van der Waals surface area (Å²) in [6, 6.07) is 0. The zero-order valence-corrected chi connectivity index (χ0v) is 17.5. The first-order valence-corrected chi connectivity index (χ1v) is 10.9. The van der Waals surface area contributed by atoms with Gasteiger partial charge in [0.05, 0.1) is 13.2 Å². The Morgan fingerprint density at radius 1 is 0.654 bits per heavy atom. The molecule has 0 aromatic rings. The van der Waals surface area contributed by atoms with Gasteiger partial charge >= 0.3 is 11.9 Å². The molecule has 0 aromatic carbocycles. The van der Waals surface area contributed by atoms with E-state index in [9.17, 15) is 9.59 Å². The molecule has 0 heterocycles. The topological polar surface area (TPSA) is 52.6 Å². The molecule has 0 radical (unpaired) electrons. The largest absolute Gasteiger partial charge is 0.466 e. The molecule has 0 aliphatic carbocycles. The van der Waals surface area contributed by atoms with Crippen molar-refractivity contribution in [3.05, 3.63) is 0 Å². The normalized spacial score (nSPS) is 10.9. The minimum Gasteiger partial charge on any atom is -0.466 e. The minimum absolute atomic E-state index is 0.198. The maximum atomic E-state index is 11.6. The molecule has 0 saturated carbocycles. The van der Waals surface area contributed by atoms with E-state index in [0.29, 0.717) is 38.4 Å². The Balaban J connectivity index is 3.30. The number of hydrogen-bond donors (Lipinski definition) is 0. The number of rotatable bonds is 18. The molecule has 154 valence electrons. The molecular formula is C22H42O4. The summed E-state index contributed by atoms with van der Waals surface area (Å²) in [5, 5.41) is 0. The average molecular weight is 371 g/mol. The third-order valence-electron chi connectivity index (χ3n) is 4.48. The predicted molar refractivity (Wildman–Crippen MR) is 107 cm³/mol. The molecule has 4 nitrogen and oxygen atoms in total. The fourth-order valence-corrected chi connectivity index (χ4v) is 2.71. The SMILES string of the molecule is CCCCCCCCCCCCOC(=O)CCCC(=O)OCCC(C)C. The van der Waals surface area contributed by atoms with Crippen LogP contribution in [0, 0.1) is 5.92 Å². The van der Waals surface area contributed by atoms with Crippen LogP contribution in [-0.4, -0.2) is 25.2 Å². The van der Waals surface area contributed by atoms with E-state index in [1.165, 1.54) is 51.4 Å². The molecule has 0 atom stereocenters. The molecule has 0 saturated heterocycles. The highest BCUT2D eigenvalue weighted by Gasteiger charge is 2.07. The third kappa shape index (κ3) is 19.3. The van der Waals surface area contributed by atoms with E-state index >= 15 is 0 Å². The van der Waals surface area contributed by atoms with Crippen molar-refractivity contribution in [2.75, 3.05) is 13.2 Å². The van der Waals surface area contributed by atoms with Gasteiger partial charge in [-0.3, -0.25) is 9.59 Å². The first kappa shape index (κ1) is 24.9. The van der Waals surface area contributed by atoms with E-state index < -0.39 is 0 Å². The summed E-state index contributed by atoms with van der Waals surface area (Å²) in [5.74, 6) is 0.118. The molecule has 0 spiro atoms. The van der Waals surface area contributed by atoms with Gasteiger partial charge in [0.2, 0.25) is 0 Å². The Kier molecular flexibility index (Phi) is 18.0. The highest BCUT2D eigenvalue weighted by atomic mass is 16.5. The van der Waals surface area contributed by atoms with Gasteiger partial charge in [-0.2, -0.15) is 0 Å². The second kappa shape index (κ2) is 18.7. The summed E-state index contributed by atoms with van der Waals surface area (Å²) in [6.45, 7) is 7.42. The van der Waals surface area contributed by atoms with Crippen LogP contribution in [0.2, 0.25) is 0 Å². The standard InChI is InChI=1S/C22H42O4/c1-4-5-6-7-8-9-10-11-12-13-18-25-21(23)15-14-16-22(24)26-19-17-20(2)3/h20H,4-19H2,1-3H3. The molecule has 0 N–H and O–H groups in total. The van der Waals surface area contributed by atoms with Gasteiger partial charge in [0.1, 0.15) is 0 Å². The quantitative estimate of drug-likeness (QED) is 0.212. The van der Waals surface area contributed by atoms with Gasteiger partial charge in [-0.05, 0) is 25.2 Å². The average Bonchev–Trinajstić information content (AvgIpc) is 2.59. The van der Waals surface area contributed by atoms with Crippen LogP contribution in [0.1, 0.15) is 111 Å².